The number of hydrogen-bond donors (Lipinski definition) is 1. The van der Waals surface area contributed by atoms with Gasteiger partial charge in [0.1, 0.15) is 0 Å². The fraction of sp³-hybridized carbons (Fsp3) is 0.455. The Labute approximate surface area is 102 Å². The van der Waals surface area contributed by atoms with Crippen LogP contribution in [0.2, 0.25) is 0 Å². The van der Waals surface area contributed by atoms with Crippen LogP contribution in [0.3, 0.4) is 0 Å². The summed E-state index contributed by atoms with van der Waals surface area (Å²) >= 11 is 2.33. The second-order valence-corrected chi connectivity index (χ2v) is 6.28. The molecule has 0 bridgehead atoms. The van der Waals surface area contributed by atoms with E-state index in [9.17, 15) is 0 Å². The van der Waals surface area contributed by atoms with Crippen LogP contribution in [-0.2, 0) is 12.0 Å². The van der Waals surface area contributed by atoms with E-state index >= 15 is 0 Å². The second-order valence-electron chi connectivity index (χ2n) is 4.36. The molecule has 0 radical (unpaired) electrons. The lowest BCUT2D eigenvalue weighted by Crippen LogP contribution is -2.12. The first-order valence-corrected chi connectivity index (χ1v) is 7.97. The van der Waals surface area contributed by atoms with Crippen molar-refractivity contribution in [3.05, 3.63) is 29.3 Å². The summed E-state index contributed by atoms with van der Waals surface area (Å²) in [5.41, 5.74) is 8.43. The number of nitrogens with two attached hydrogens (primary N) is 1. The van der Waals surface area contributed by atoms with Crippen LogP contribution in [0.4, 0.5) is 0 Å². The van der Waals surface area contributed by atoms with Crippen molar-refractivity contribution in [3.63, 3.8) is 0 Å². The summed E-state index contributed by atoms with van der Waals surface area (Å²) in [7, 11) is 1.77. The molecule has 1 aromatic rings. The lowest BCUT2D eigenvalue weighted by molar-refractivity contribution is 0.578. The number of hydrogen-bond acceptors (Lipinski definition) is 2. The van der Waals surface area contributed by atoms with Crippen molar-refractivity contribution >= 4 is 30.1 Å². The Morgan fingerprint density at radius 2 is 2.00 bits per heavy atom. The summed E-state index contributed by atoms with van der Waals surface area (Å²) in [6, 6.07) is 6.51. The molecule has 14 heavy (non-hydrogen) atoms. The molecule has 1 rings (SSSR count). The third-order valence-corrected chi connectivity index (χ3v) is 4.10. The van der Waals surface area contributed by atoms with Crippen molar-refractivity contribution in [2.45, 2.75) is 37.6 Å². The molecular formula is C11H16INS. The standard InChI is InChI=1S/C11H16INS/c1-11(2,3)9-5-4-8(7-13)6-10(9)14-12/h4-6H,7,13H2,1-3H3. The van der Waals surface area contributed by atoms with Gasteiger partial charge in [-0.05, 0) is 22.6 Å². The molecule has 0 aromatic heterocycles. The first kappa shape index (κ1) is 12.3. The third kappa shape index (κ3) is 2.87. The first-order chi connectivity index (χ1) is 6.49. The Bertz CT molecular complexity index is 318. The molecule has 78 valence electrons. The van der Waals surface area contributed by atoms with Crippen LogP contribution >= 0.6 is 30.1 Å². The van der Waals surface area contributed by atoms with Crippen LogP contribution in [-0.4, -0.2) is 0 Å². The Hall–Kier alpha value is 0.260. The van der Waals surface area contributed by atoms with E-state index in [-0.39, 0.29) is 5.41 Å². The molecule has 3 heteroatoms. The van der Waals surface area contributed by atoms with Crippen molar-refractivity contribution in [3.8, 4) is 0 Å². The van der Waals surface area contributed by atoms with Crippen LogP contribution in [0.25, 0.3) is 0 Å². The van der Waals surface area contributed by atoms with Gasteiger partial charge in [0.25, 0.3) is 0 Å². The van der Waals surface area contributed by atoms with Gasteiger partial charge in [-0.25, -0.2) is 0 Å². The Morgan fingerprint density at radius 1 is 1.36 bits per heavy atom. The van der Waals surface area contributed by atoms with Gasteiger partial charge in [0.05, 0.1) is 0 Å². The molecule has 0 unspecified atom stereocenters. The van der Waals surface area contributed by atoms with Gasteiger partial charge in [0, 0.05) is 32.6 Å². The largest absolute Gasteiger partial charge is 0.326 e. The van der Waals surface area contributed by atoms with E-state index in [1.54, 1.807) is 8.93 Å². The molecule has 1 nitrogen and oxygen atoms in total. The predicted molar refractivity (Wildman–Crippen MR) is 72.9 cm³/mol. The van der Waals surface area contributed by atoms with E-state index in [4.69, 9.17) is 5.73 Å². The van der Waals surface area contributed by atoms with Crippen LogP contribution in [0.5, 0.6) is 0 Å². The zero-order chi connectivity index (χ0) is 10.8. The molecule has 0 spiro atoms. The van der Waals surface area contributed by atoms with Crippen molar-refractivity contribution in [1.29, 1.82) is 0 Å². The molecule has 1 aromatic carbocycles. The topological polar surface area (TPSA) is 26.0 Å². The molecular weight excluding hydrogens is 305 g/mol. The van der Waals surface area contributed by atoms with Gasteiger partial charge in [0.2, 0.25) is 0 Å². The molecule has 0 saturated heterocycles. The van der Waals surface area contributed by atoms with Crippen LogP contribution in [0.15, 0.2) is 23.1 Å². The highest BCUT2D eigenvalue weighted by molar-refractivity contribution is 14.2. The molecule has 0 aliphatic rings. The number of benzene rings is 1. The van der Waals surface area contributed by atoms with Gasteiger partial charge in [-0.1, -0.05) is 41.8 Å². The number of rotatable bonds is 2. The second kappa shape index (κ2) is 4.86. The summed E-state index contributed by atoms with van der Waals surface area (Å²) in [5, 5.41) is 0. The summed E-state index contributed by atoms with van der Waals surface area (Å²) < 4.78 is 0. The zero-order valence-electron chi connectivity index (χ0n) is 8.80. The van der Waals surface area contributed by atoms with Crippen molar-refractivity contribution in [1.82, 2.24) is 0 Å². The SMILES string of the molecule is CC(C)(C)c1ccc(CN)cc1SI. The molecule has 0 aliphatic carbocycles. The monoisotopic (exact) mass is 321 g/mol. The quantitative estimate of drug-likeness (QED) is 0.837. The minimum absolute atomic E-state index is 0.209. The fourth-order valence-electron chi connectivity index (χ4n) is 1.38. The van der Waals surface area contributed by atoms with E-state index in [0.717, 1.165) is 0 Å². The molecule has 0 saturated carbocycles. The lowest BCUT2D eigenvalue weighted by atomic mass is 9.86. The Morgan fingerprint density at radius 3 is 2.43 bits per heavy atom. The van der Waals surface area contributed by atoms with Gasteiger partial charge in [-0.15, -0.1) is 0 Å². The van der Waals surface area contributed by atoms with E-state index < -0.39 is 0 Å². The maximum Gasteiger partial charge on any atom is 0.0219 e. The van der Waals surface area contributed by atoms with Crippen molar-refractivity contribution in [2.24, 2.45) is 5.73 Å². The first-order valence-electron chi connectivity index (χ1n) is 4.61. The minimum atomic E-state index is 0.209. The molecule has 2 N–H and O–H groups in total. The highest BCUT2D eigenvalue weighted by Gasteiger charge is 2.17. The van der Waals surface area contributed by atoms with E-state index in [2.05, 4.69) is 60.2 Å². The van der Waals surface area contributed by atoms with Crippen LogP contribution < -0.4 is 5.73 Å². The molecule has 0 heterocycles. The zero-order valence-corrected chi connectivity index (χ0v) is 11.8. The van der Waals surface area contributed by atoms with Gasteiger partial charge in [-0.3, -0.25) is 0 Å². The normalized spacial score (nSPS) is 11.8. The summed E-state index contributed by atoms with van der Waals surface area (Å²) in [6.45, 7) is 7.33. The van der Waals surface area contributed by atoms with E-state index in [0.29, 0.717) is 6.54 Å². The highest BCUT2D eigenvalue weighted by atomic mass is 127. The maximum absolute atomic E-state index is 5.62. The van der Waals surface area contributed by atoms with Crippen molar-refractivity contribution in [2.75, 3.05) is 0 Å². The highest BCUT2D eigenvalue weighted by Crippen LogP contribution is 2.36. The maximum atomic E-state index is 5.62. The van der Waals surface area contributed by atoms with Gasteiger partial charge >= 0.3 is 0 Å². The molecule has 0 amide bonds. The fourth-order valence-corrected chi connectivity index (χ4v) is 3.12. The van der Waals surface area contributed by atoms with Gasteiger partial charge < -0.3 is 5.73 Å². The Kier molecular flexibility index (Phi) is 4.28. The molecule has 0 atom stereocenters. The molecule has 0 fully saturated rings. The van der Waals surface area contributed by atoms with Crippen molar-refractivity contribution < 1.29 is 0 Å². The van der Waals surface area contributed by atoms with E-state index in [1.807, 2.05) is 0 Å². The summed E-state index contributed by atoms with van der Waals surface area (Å²) in [6.07, 6.45) is 0. The lowest BCUT2D eigenvalue weighted by Gasteiger charge is -2.22. The average molecular weight is 321 g/mol. The average Bonchev–Trinajstić information content (AvgIpc) is 2.15. The van der Waals surface area contributed by atoms with Gasteiger partial charge in [-0.2, -0.15) is 0 Å². The number of halogens is 1. The van der Waals surface area contributed by atoms with Crippen LogP contribution in [0.1, 0.15) is 31.9 Å². The molecule has 0 aliphatic heterocycles. The van der Waals surface area contributed by atoms with Crippen LogP contribution in [0, 0.1) is 0 Å². The third-order valence-electron chi connectivity index (χ3n) is 2.17. The summed E-state index contributed by atoms with van der Waals surface area (Å²) in [5.74, 6) is 0. The minimum Gasteiger partial charge on any atom is -0.326 e. The van der Waals surface area contributed by atoms with E-state index in [1.165, 1.54) is 16.0 Å². The summed E-state index contributed by atoms with van der Waals surface area (Å²) in [4.78, 5) is 1.33. The smallest absolute Gasteiger partial charge is 0.0219 e. The van der Waals surface area contributed by atoms with Gasteiger partial charge in [0.15, 0.2) is 0 Å². The predicted octanol–water partition coefficient (Wildman–Crippen LogP) is 3.88. The Balaban J connectivity index is 3.18.